The fraction of sp³-hybridized carbons (Fsp3) is 0.500. The Kier molecular flexibility index (Phi) is 4.74. The normalized spacial score (nSPS) is 16.3. The Morgan fingerprint density at radius 2 is 1.83 bits per heavy atom. The van der Waals surface area contributed by atoms with Crippen molar-refractivity contribution in [1.82, 2.24) is 9.78 Å². The van der Waals surface area contributed by atoms with Crippen molar-refractivity contribution < 1.29 is 4.79 Å². The minimum Gasteiger partial charge on any atom is -0.309 e. The van der Waals surface area contributed by atoms with E-state index in [0.717, 1.165) is 35.5 Å². The van der Waals surface area contributed by atoms with Crippen LogP contribution in [0.2, 0.25) is 0 Å². The minimum atomic E-state index is -0.181. The average Bonchev–Trinajstić information content (AvgIpc) is 3.17. The van der Waals surface area contributed by atoms with Gasteiger partial charge >= 0.3 is 0 Å². The summed E-state index contributed by atoms with van der Waals surface area (Å²) in [4.78, 5) is 15.5. The van der Waals surface area contributed by atoms with Crippen molar-refractivity contribution in [3.63, 3.8) is 0 Å². The average molecular weight is 325 g/mol. The zero-order valence-corrected chi connectivity index (χ0v) is 15.1. The first-order chi connectivity index (χ1) is 11.5. The van der Waals surface area contributed by atoms with Crippen molar-refractivity contribution >= 4 is 11.6 Å². The quantitative estimate of drug-likeness (QED) is 0.848. The summed E-state index contributed by atoms with van der Waals surface area (Å²) in [5, 5.41) is 4.49. The first-order valence-corrected chi connectivity index (χ1v) is 8.89. The van der Waals surface area contributed by atoms with Crippen LogP contribution in [0.5, 0.6) is 0 Å². The molecule has 0 saturated heterocycles. The molecule has 1 saturated carbocycles. The number of amides is 1. The molecule has 1 amide bonds. The van der Waals surface area contributed by atoms with Gasteiger partial charge in [-0.1, -0.05) is 31.0 Å². The number of aryl methyl sites for hydroxylation is 2. The van der Waals surface area contributed by atoms with Gasteiger partial charge in [-0.15, -0.1) is 0 Å². The molecular formula is C20H27N3O. The van der Waals surface area contributed by atoms with Crippen LogP contribution < -0.4 is 4.90 Å². The second kappa shape index (κ2) is 6.80. The van der Waals surface area contributed by atoms with Crippen LogP contribution in [0, 0.1) is 13.8 Å². The first-order valence-electron chi connectivity index (χ1n) is 8.89. The Labute approximate surface area is 144 Å². The number of nitrogens with zero attached hydrogens (tertiary/aromatic N) is 3. The maximum absolute atomic E-state index is 13.4. The number of rotatable bonds is 4. The molecule has 24 heavy (non-hydrogen) atoms. The summed E-state index contributed by atoms with van der Waals surface area (Å²) in [5.41, 5.74) is 4.12. The largest absolute Gasteiger partial charge is 0.309 e. The zero-order valence-electron chi connectivity index (χ0n) is 15.1. The van der Waals surface area contributed by atoms with E-state index in [0.29, 0.717) is 6.04 Å². The van der Waals surface area contributed by atoms with Crippen molar-refractivity contribution in [3.05, 3.63) is 47.3 Å². The van der Waals surface area contributed by atoms with E-state index in [1.165, 1.54) is 12.8 Å². The van der Waals surface area contributed by atoms with Crippen LogP contribution in [0.15, 0.2) is 30.3 Å². The highest BCUT2D eigenvalue weighted by Gasteiger charge is 2.33. The van der Waals surface area contributed by atoms with Gasteiger partial charge in [0, 0.05) is 30.0 Å². The molecule has 3 rings (SSSR count). The van der Waals surface area contributed by atoms with Crippen LogP contribution in [-0.4, -0.2) is 21.7 Å². The Hall–Kier alpha value is -2.10. The third-order valence-corrected chi connectivity index (χ3v) is 5.33. The lowest BCUT2D eigenvalue weighted by molar-refractivity contribution is -0.120. The van der Waals surface area contributed by atoms with Crippen LogP contribution in [0.4, 0.5) is 5.69 Å². The third kappa shape index (κ3) is 2.97. The van der Waals surface area contributed by atoms with Gasteiger partial charge in [0.2, 0.25) is 5.91 Å². The topological polar surface area (TPSA) is 38.1 Å². The molecule has 4 nitrogen and oxygen atoms in total. The van der Waals surface area contributed by atoms with Gasteiger partial charge in [0.1, 0.15) is 0 Å². The SMILES string of the molecule is Cc1nn(C)c(C)c1C(C)C(=O)N(c1ccccc1)C1CCCC1. The van der Waals surface area contributed by atoms with Gasteiger partial charge in [-0.25, -0.2) is 0 Å². The van der Waals surface area contributed by atoms with E-state index >= 15 is 0 Å². The molecule has 0 radical (unpaired) electrons. The predicted octanol–water partition coefficient (Wildman–Crippen LogP) is 4.12. The fourth-order valence-corrected chi connectivity index (χ4v) is 4.02. The minimum absolute atomic E-state index is 0.181. The number of carbonyl (C=O) groups excluding carboxylic acids is 1. The van der Waals surface area contributed by atoms with Crippen LogP contribution >= 0.6 is 0 Å². The Morgan fingerprint density at radius 3 is 2.38 bits per heavy atom. The molecule has 0 aliphatic heterocycles. The lowest BCUT2D eigenvalue weighted by Gasteiger charge is -2.31. The van der Waals surface area contributed by atoms with Gasteiger partial charge in [0.25, 0.3) is 0 Å². The summed E-state index contributed by atoms with van der Waals surface area (Å²) in [6.45, 7) is 6.06. The maximum atomic E-state index is 13.4. The molecule has 1 atom stereocenters. The number of hydrogen-bond acceptors (Lipinski definition) is 2. The number of aromatic nitrogens is 2. The molecule has 1 aromatic heterocycles. The number of hydrogen-bond donors (Lipinski definition) is 0. The molecule has 1 unspecified atom stereocenters. The van der Waals surface area contributed by atoms with Crippen molar-refractivity contribution in [1.29, 1.82) is 0 Å². The molecule has 0 N–H and O–H groups in total. The highest BCUT2D eigenvalue weighted by atomic mass is 16.2. The van der Waals surface area contributed by atoms with Gasteiger partial charge in [0.15, 0.2) is 0 Å². The molecule has 1 aliphatic carbocycles. The Bertz CT molecular complexity index is 714. The summed E-state index contributed by atoms with van der Waals surface area (Å²) in [5.74, 6) is 0.00630. The second-order valence-corrected chi connectivity index (χ2v) is 6.91. The lowest BCUT2D eigenvalue weighted by atomic mass is 9.96. The lowest BCUT2D eigenvalue weighted by Crippen LogP contribution is -2.41. The van der Waals surface area contributed by atoms with Gasteiger partial charge in [-0.3, -0.25) is 9.48 Å². The van der Waals surface area contributed by atoms with E-state index in [4.69, 9.17) is 0 Å². The van der Waals surface area contributed by atoms with Gasteiger partial charge in [-0.05, 0) is 45.7 Å². The highest BCUT2D eigenvalue weighted by Crippen LogP contribution is 2.33. The number of carbonyl (C=O) groups is 1. The van der Waals surface area contributed by atoms with Gasteiger partial charge < -0.3 is 4.90 Å². The third-order valence-electron chi connectivity index (χ3n) is 5.33. The predicted molar refractivity (Wildman–Crippen MR) is 97.3 cm³/mol. The zero-order chi connectivity index (χ0) is 17.3. The summed E-state index contributed by atoms with van der Waals surface area (Å²) >= 11 is 0. The van der Waals surface area contributed by atoms with Crippen molar-refractivity contribution in [2.75, 3.05) is 4.90 Å². The molecule has 1 fully saturated rings. The molecule has 0 bridgehead atoms. The molecule has 1 aliphatic rings. The summed E-state index contributed by atoms with van der Waals surface area (Å²) < 4.78 is 1.87. The van der Waals surface area contributed by atoms with E-state index in [2.05, 4.69) is 5.10 Å². The van der Waals surface area contributed by atoms with Crippen LogP contribution in [0.25, 0.3) is 0 Å². The molecule has 128 valence electrons. The van der Waals surface area contributed by atoms with E-state index in [9.17, 15) is 4.79 Å². The molecule has 4 heteroatoms. The van der Waals surface area contributed by atoms with Crippen molar-refractivity contribution in [2.45, 2.75) is 58.4 Å². The fourth-order valence-electron chi connectivity index (χ4n) is 4.02. The van der Waals surface area contributed by atoms with Crippen molar-refractivity contribution in [3.8, 4) is 0 Å². The van der Waals surface area contributed by atoms with Gasteiger partial charge in [-0.2, -0.15) is 5.10 Å². The summed E-state index contributed by atoms with van der Waals surface area (Å²) in [7, 11) is 1.94. The monoisotopic (exact) mass is 325 g/mol. The highest BCUT2D eigenvalue weighted by molar-refractivity contribution is 5.98. The van der Waals surface area contributed by atoms with E-state index in [-0.39, 0.29) is 11.8 Å². The second-order valence-electron chi connectivity index (χ2n) is 6.91. The Balaban J connectivity index is 1.96. The molecule has 2 aromatic rings. The van der Waals surface area contributed by atoms with Crippen LogP contribution in [0.3, 0.4) is 0 Å². The molecule has 0 spiro atoms. The number of para-hydroxylation sites is 1. The van der Waals surface area contributed by atoms with E-state index < -0.39 is 0 Å². The van der Waals surface area contributed by atoms with E-state index in [1.807, 2.05) is 67.7 Å². The van der Waals surface area contributed by atoms with Gasteiger partial charge in [0.05, 0.1) is 11.6 Å². The maximum Gasteiger partial charge on any atom is 0.234 e. The molecular weight excluding hydrogens is 298 g/mol. The van der Waals surface area contributed by atoms with Crippen LogP contribution in [-0.2, 0) is 11.8 Å². The standard InChI is InChI=1S/C20H27N3O/c1-14(19-15(2)21-22(4)16(19)3)20(24)23(18-12-8-9-13-18)17-10-6-5-7-11-17/h5-7,10-11,14,18H,8-9,12-13H2,1-4H3. The van der Waals surface area contributed by atoms with E-state index in [1.54, 1.807) is 0 Å². The smallest absolute Gasteiger partial charge is 0.234 e. The molecule has 1 aromatic carbocycles. The summed E-state index contributed by atoms with van der Waals surface area (Å²) in [6, 6.07) is 10.4. The molecule has 1 heterocycles. The van der Waals surface area contributed by atoms with Crippen molar-refractivity contribution in [2.24, 2.45) is 7.05 Å². The number of anilines is 1. The first kappa shape index (κ1) is 16.7. The number of benzene rings is 1. The summed E-state index contributed by atoms with van der Waals surface area (Å²) in [6.07, 6.45) is 4.61. The van der Waals surface area contributed by atoms with Crippen LogP contribution in [0.1, 0.15) is 55.5 Å². The Morgan fingerprint density at radius 1 is 1.21 bits per heavy atom.